The van der Waals surface area contributed by atoms with Gasteiger partial charge >= 0.3 is 0 Å². The van der Waals surface area contributed by atoms with Gasteiger partial charge in [0, 0.05) is 51.3 Å². The average Bonchev–Trinajstić information content (AvgIpc) is 3.19. The van der Waals surface area contributed by atoms with Crippen molar-refractivity contribution in [2.24, 2.45) is 0 Å². The molecule has 0 atom stereocenters. The number of pyridine rings is 4. The Morgan fingerprint density at radius 2 is 0.860 bits per heavy atom. The van der Waals surface area contributed by atoms with E-state index in [4.69, 9.17) is 15.0 Å². The van der Waals surface area contributed by atoms with Gasteiger partial charge in [-0.15, -0.1) is 0 Å². The van der Waals surface area contributed by atoms with E-state index in [1.54, 1.807) is 18.6 Å². The minimum atomic E-state index is 0.763. The van der Waals surface area contributed by atoms with Gasteiger partial charge in [0.1, 0.15) is 5.69 Å². The second-order valence-corrected chi connectivity index (χ2v) is 12.5. The lowest BCUT2D eigenvalue weighted by atomic mass is 9.99. The first-order chi connectivity index (χ1) is 24.7. The molecule has 0 bridgehead atoms. The summed E-state index contributed by atoms with van der Waals surface area (Å²) >= 11 is 0. The van der Waals surface area contributed by atoms with Gasteiger partial charge < -0.3 is 0 Å². The number of hydrogen-bond donors (Lipinski definition) is 0. The van der Waals surface area contributed by atoms with Gasteiger partial charge in [0.05, 0.1) is 45.3 Å². The van der Waals surface area contributed by atoms with Crippen molar-refractivity contribution in [3.63, 3.8) is 0 Å². The zero-order valence-corrected chi connectivity index (χ0v) is 26.7. The van der Waals surface area contributed by atoms with Gasteiger partial charge in [-0.2, -0.15) is 0 Å². The normalized spacial score (nSPS) is 11.6. The molecule has 0 spiro atoms. The number of hydrogen-bond acceptors (Lipinski definition) is 6. The predicted octanol–water partition coefficient (Wildman–Crippen LogP) is 10.5. The maximum atomic E-state index is 5.06. The van der Waals surface area contributed by atoms with Crippen LogP contribution >= 0.6 is 0 Å². The van der Waals surface area contributed by atoms with Crippen molar-refractivity contribution in [2.75, 3.05) is 0 Å². The second-order valence-electron chi connectivity index (χ2n) is 12.5. The topological polar surface area (TPSA) is 77.3 Å². The number of rotatable bonds is 4. The summed E-state index contributed by atoms with van der Waals surface area (Å²) in [6, 6.07) is 46.7. The van der Waals surface area contributed by atoms with E-state index in [1.807, 2.05) is 18.3 Å². The van der Waals surface area contributed by atoms with Crippen LogP contribution in [-0.4, -0.2) is 29.9 Å². The summed E-state index contributed by atoms with van der Waals surface area (Å²) in [7, 11) is 0. The highest BCUT2D eigenvalue weighted by Gasteiger charge is 2.10. The van der Waals surface area contributed by atoms with E-state index in [0.29, 0.717) is 0 Å². The quantitative estimate of drug-likeness (QED) is 0.179. The Morgan fingerprint density at radius 3 is 1.54 bits per heavy atom. The molecule has 50 heavy (non-hydrogen) atoms. The van der Waals surface area contributed by atoms with Crippen LogP contribution in [0.1, 0.15) is 0 Å². The minimum absolute atomic E-state index is 0.763. The molecule has 5 aromatic carbocycles. The highest BCUT2D eigenvalue weighted by molar-refractivity contribution is 6.03. The molecular formula is C44H26N6. The zero-order chi connectivity index (χ0) is 33.0. The summed E-state index contributed by atoms with van der Waals surface area (Å²) in [5.41, 5.74) is 11.6. The molecule has 0 unspecified atom stereocenters. The first-order valence-corrected chi connectivity index (χ1v) is 16.5. The van der Waals surface area contributed by atoms with E-state index in [2.05, 4.69) is 136 Å². The summed E-state index contributed by atoms with van der Waals surface area (Å²) < 4.78 is 0. The van der Waals surface area contributed by atoms with Crippen LogP contribution in [0, 0.1) is 0 Å². The maximum absolute atomic E-state index is 5.06. The molecule has 10 aromatic rings. The fourth-order valence-electron chi connectivity index (χ4n) is 6.79. The molecule has 6 heteroatoms. The van der Waals surface area contributed by atoms with Crippen LogP contribution in [0.4, 0.5) is 0 Å². The van der Waals surface area contributed by atoms with Crippen LogP contribution in [0.5, 0.6) is 0 Å². The Labute approximate surface area is 286 Å². The highest BCUT2D eigenvalue weighted by Crippen LogP contribution is 2.32. The molecule has 0 fully saturated rings. The Kier molecular flexibility index (Phi) is 6.39. The zero-order valence-electron chi connectivity index (χ0n) is 26.7. The Balaban J connectivity index is 0.937. The van der Waals surface area contributed by atoms with Gasteiger partial charge in [0.15, 0.2) is 0 Å². The van der Waals surface area contributed by atoms with E-state index in [1.165, 1.54) is 0 Å². The van der Waals surface area contributed by atoms with Crippen molar-refractivity contribution in [3.05, 3.63) is 158 Å². The van der Waals surface area contributed by atoms with Crippen LogP contribution in [0.15, 0.2) is 158 Å². The standard InChI is InChI=1S/C44H26N6/c1-2-27-3-4-28-9-14-40(50-44(28)43(27)47-19-1)34-8-6-29-22-33(7-5-30(29)23-34)38-17-12-35-24-31(10-15-37(35)48-38)32-11-16-39-36(25-32)13-18-41(49-39)42-26-45-20-21-46-42/h1-26H. The van der Waals surface area contributed by atoms with Crippen molar-refractivity contribution in [3.8, 4) is 45.0 Å². The average molecular weight is 639 g/mol. The molecule has 0 aliphatic rings. The lowest BCUT2D eigenvalue weighted by Crippen LogP contribution is -1.90. The van der Waals surface area contributed by atoms with Crippen LogP contribution < -0.4 is 0 Å². The summed E-state index contributed by atoms with van der Waals surface area (Å²) in [6.07, 6.45) is 6.91. The van der Waals surface area contributed by atoms with Crippen LogP contribution in [0.2, 0.25) is 0 Å². The molecule has 232 valence electrons. The molecule has 0 saturated carbocycles. The smallest absolute Gasteiger partial charge is 0.107 e. The van der Waals surface area contributed by atoms with Gasteiger partial charge in [-0.05, 0) is 82.6 Å². The molecule has 0 saturated heterocycles. The number of aromatic nitrogens is 6. The lowest BCUT2D eigenvalue weighted by Gasteiger charge is -2.09. The first-order valence-electron chi connectivity index (χ1n) is 16.5. The van der Waals surface area contributed by atoms with Crippen molar-refractivity contribution >= 4 is 54.4 Å². The second kappa shape index (κ2) is 11.4. The summed E-state index contributed by atoms with van der Waals surface area (Å²) in [6.45, 7) is 0. The predicted molar refractivity (Wildman–Crippen MR) is 202 cm³/mol. The van der Waals surface area contributed by atoms with Crippen molar-refractivity contribution in [1.29, 1.82) is 0 Å². The third-order valence-corrected chi connectivity index (χ3v) is 9.40. The van der Waals surface area contributed by atoms with Gasteiger partial charge in [0.25, 0.3) is 0 Å². The minimum Gasteiger partial charge on any atom is -0.261 e. The molecule has 0 amide bonds. The fourth-order valence-corrected chi connectivity index (χ4v) is 6.79. The maximum Gasteiger partial charge on any atom is 0.107 e. The number of benzene rings is 5. The van der Waals surface area contributed by atoms with Crippen molar-refractivity contribution in [2.45, 2.75) is 0 Å². The lowest BCUT2D eigenvalue weighted by molar-refractivity contribution is 1.19. The van der Waals surface area contributed by atoms with Crippen LogP contribution in [0.3, 0.4) is 0 Å². The van der Waals surface area contributed by atoms with Gasteiger partial charge in [-0.3, -0.25) is 15.0 Å². The Morgan fingerprint density at radius 1 is 0.320 bits per heavy atom. The summed E-state index contributed by atoms with van der Waals surface area (Å²) in [5, 5.41) is 6.67. The first kappa shape index (κ1) is 28.1. The third kappa shape index (κ3) is 4.90. The molecule has 5 heterocycles. The molecular weight excluding hydrogens is 613 g/mol. The van der Waals surface area contributed by atoms with E-state index >= 15 is 0 Å². The Bertz CT molecular complexity index is 2940. The van der Waals surface area contributed by atoms with Gasteiger partial charge in [-0.1, -0.05) is 72.8 Å². The highest BCUT2D eigenvalue weighted by atomic mass is 14.8. The van der Waals surface area contributed by atoms with Crippen LogP contribution in [0.25, 0.3) is 99.4 Å². The fraction of sp³-hybridized carbons (Fsp3) is 0. The largest absolute Gasteiger partial charge is 0.261 e. The van der Waals surface area contributed by atoms with E-state index in [0.717, 1.165) is 99.4 Å². The summed E-state index contributed by atoms with van der Waals surface area (Å²) in [4.78, 5) is 28.1. The van der Waals surface area contributed by atoms with E-state index in [9.17, 15) is 0 Å². The van der Waals surface area contributed by atoms with Crippen molar-refractivity contribution < 1.29 is 0 Å². The van der Waals surface area contributed by atoms with E-state index in [-0.39, 0.29) is 0 Å². The van der Waals surface area contributed by atoms with Crippen molar-refractivity contribution in [1.82, 2.24) is 29.9 Å². The molecule has 0 aliphatic heterocycles. The Hall–Kier alpha value is -6.92. The molecule has 10 rings (SSSR count). The molecule has 0 radical (unpaired) electrons. The monoisotopic (exact) mass is 638 g/mol. The molecule has 0 aliphatic carbocycles. The third-order valence-electron chi connectivity index (χ3n) is 9.40. The SMILES string of the molecule is c1cnc2c(c1)ccc1ccc(-c3ccc4cc(-c5ccc6cc(-c7ccc8nc(-c9cnccn9)ccc8c7)ccc6n5)ccc4c3)nc12. The van der Waals surface area contributed by atoms with E-state index < -0.39 is 0 Å². The van der Waals surface area contributed by atoms with Gasteiger partial charge in [0.2, 0.25) is 0 Å². The molecule has 0 N–H and O–H groups in total. The van der Waals surface area contributed by atoms with Crippen LogP contribution in [-0.2, 0) is 0 Å². The number of nitrogens with zero attached hydrogens (tertiary/aromatic N) is 6. The molecule has 6 nitrogen and oxygen atoms in total. The molecule has 5 aromatic heterocycles. The summed E-state index contributed by atoms with van der Waals surface area (Å²) in [5.74, 6) is 0. The van der Waals surface area contributed by atoms with Gasteiger partial charge in [-0.25, -0.2) is 15.0 Å². The number of fused-ring (bicyclic) bond motifs is 6.